The second-order valence-corrected chi connectivity index (χ2v) is 21.6. The average Bonchev–Trinajstić information content (AvgIpc) is 3.32. The first-order valence-corrected chi connectivity index (χ1v) is 24.7. The van der Waals surface area contributed by atoms with Gasteiger partial charge in [0.2, 0.25) is 0 Å². The van der Waals surface area contributed by atoms with Crippen molar-refractivity contribution in [2.75, 3.05) is 0 Å². The first kappa shape index (κ1) is 39.8. The zero-order valence-corrected chi connectivity index (χ0v) is 37.4. The van der Waals surface area contributed by atoms with Crippen LogP contribution in [0.25, 0.3) is 48.6 Å². The molecule has 8 saturated carbocycles. The van der Waals surface area contributed by atoms with Gasteiger partial charge in [0.25, 0.3) is 0 Å². The molecular weight excluding hydrogens is 769 g/mol. The summed E-state index contributed by atoms with van der Waals surface area (Å²) < 4.78 is 0. The Balaban J connectivity index is 0.963. The zero-order chi connectivity index (χ0) is 42.6. The Kier molecular flexibility index (Phi) is 10.2. The van der Waals surface area contributed by atoms with E-state index in [-0.39, 0.29) is 10.8 Å². The molecule has 8 fully saturated rings. The van der Waals surface area contributed by atoms with E-state index in [1.165, 1.54) is 115 Å². The summed E-state index contributed by atoms with van der Waals surface area (Å²) in [6, 6.07) is 58.9. The molecule has 0 aromatic heterocycles. The standard InChI is InChI=1S/C64H62/c1-5-13-46(14-6-1)21-25-50-29-51(26-22-47-15-7-2-8-16-47)36-59(35-50)62-39-56-32-57(40-62)42-63(41-56,45-62)61-58-33-54-31-55(34-58)44-64(61,43-54)60-37-52(27-23-48-17-9-3-10-18-48)30-53(38-60)28-24-49-19-11-4-12-20-49/h1-30,35-38,54-58,61H,31-34,39-45H2. The molecule has 0 aliphatic heterocycles. The van der Waals surface area contributed by atoms with Crippen LogP contribution in [0.15, 0.2) is 158 Å². The molecular formula is C64H62. The van der Waals surface area contributed by atoms with Gasteiger partial charge < -0.3 is 0 Å². The van der Waals surface area contributed by atoms with Crippen LogP contribution in [0, 0.1) is 40.9 Å². The van der Waals surface area contributed by atoms with Crippen LogP contribution in [0.1, 0.15) is 126 Å². The average molecular weight is 831 g/mol. The molecule has 64 heavy (non-hydrogen) atoms. The van der Waals surface area contributed by atoms with E-state index < -0.39 is 0 Å². The largest absolute Gasteiger partial charge is 0.0622 e. The third-order valence-corrected chi connectivity index (χ3v) is 17.3. The normalized spacial score (nSPS) is 31.3. The maximum atomic E-state index is 2.67. The number of hydrogen-bond donors (Lipinski definition) is 0. The van der Waals surface area contributed by atoms with Crippen molar-refractivity contribution in [1.82, 2.24) is 0 Å². The summed E-state index contributed by atoms with van der Waals surface area (Å²) >= 11 is 0. The Labute approximate surface area is 382 Å². The maximum Gasteiger partial charge on any atom is -0.000512 e. The molecule has 0 heterocycles. The van der Waals surface area contributed by atoms with E-state index in [0.29, 0.717) is 5.41 Å². The van der Waals surface area contributed by atoms with Crippen LogP contribution in [0.5, 0.6) is 0 Å². The first-order valence-electron chi connectivity index (χ1n) is 24.7. The smallest absolute Gasteiger partial charge is 0.000512 e. The van der Waals surface area contributed by atoms with Crippen molar-refractivity contribution in [3.63, 3.8) is 0 Å². The second kappa shape index (κ2) is 16.4. The van der Waals surface area contributed by atoms with Gasteiger partial charge in [-0.05, 0) is 190 Å². The molecule has 0 heteroatoms. The molecule has 0 radical (unpaired) electrons. The predicted octanol–water partition coefficient (Wildman–Crippen LogP) is 16.6. The van der Waals surface area contributed by atoms with Gasteiger partial charge in [-0.3, -0.25) is 0 Å². The van der Waals surface area contributed by atoms with Crippen LogP contribution < -0.4 is 0 Å². The summed E-state index contributed by atoms with van der Waals surface area (Å²) in [5.74, 6) is 4.98. The summed E-state index contributed by atoms with van der Waals surface area (Å²) in [5.41, 5.74) is 14.5. The minimum absolute atomic E-state index is 0.232. The summed E-state index contributed by atoms with van der Waals surface area (Å²) in [7, 11) is 0. The highest BCUT2D eigenvalue weighted by Crippen LogP contribution is 2.76. The van der Waals surface area contributed by atoms with Crippen LogP contribution in [0.2, 0.25) is 0 Å². The molecule has 0 amide bonds. The van der Waals surface area contributed by atoms with E-state index in [4.69, 9.17) is 0 Å². The third-order valence-electron chi connectivity index (χ3n) is 17.3. The highest BCUT2D eigenvalue weighted by atomic mass is 14.7. The molecule has 5 unspecified atom stereocenters. The Bertz CT molecular complexity index is 2570. The van der Waals surface area contributed by atoms with Gasteiger partial charge in [0.1, 0.15) is 0 Å². The number of benzene rings is 6. The van der Waals surface area contributed by atoms with Crippen LogP contribution >= 0.6 is 0 Å². The molecule has 0 spiro atoms. The lowest BCUT2D eigenvalue weighted by Gasteiger charge is -2.72. The lowest BCUT2D eigenvalue weighted by Crippen LogP contribution is -2.65. The monoisotopic (exact) mass is 830 g/mol. The Morgan fingerprint density at radius 1 is 0.328 bits per heavy atom. The van der Waals surface area contributed by atoms with E-state index in [0.717, 1.165) is 35.5 Å². The van der Waals surface area contributed by atoms with Gasteiger partial charge in [-0.2, -0.15) is 0 Å². The lowest BCUT2D eigenvalue weighted by molar-refractivity contribution is -0.186. The number of hydrogen-bond acceptors (Lipinski definition) is 0. The topological polar surface area (TPSA) is 0 Å². The number of rotatable bonds is 11. The molecule has 8 aliphatic rings. The van der Waals surface area contributed by atoms with Crippen LogP contribution in [-0.2, 0) is 10.8 Å². The molecule has 6 aromatic rings. The Hall–Kier alpha value is -5.72. The van der Waals surface area contributed by atoms with E-state index in [2.05, 4.69) is 206 Å². The summed E-state index contributed by atoms with van der Waals surface area (Å²) in [6.45, 7) is 0. The van der Waals surface area contributed by atoms with Gasteiger partial charge in [-0.1, -0.05) is 194 Å². The molecule has 0 N–H and O–H groups in total. The molecule has 318 valence electrons. The molecule has 8 bridgehead atoms. The molecule has 0 nitrogen and oxygen atoms in total. The van der Waals surface area contributed by atoms with Crippen LogP contribution in [-0.4, -0.2) is 0 Å². The molecule has 6 aromatic carbocycles. The Morgan fingerprint density at radius 3 is 1.09 bits per heavy atom. The van der Waals surface area contributed by atoms with Gasteiger partial charge in [0, 0.05) is 0 Å². The highest BCUT2D eigenvalue weighted by Gasteiger charge is 2.68. The van der Waals surface area contributed by atoms with E-state index in [1.807, 2.05) is 0 Å². The van der Waals surface area contributed by atoms with Crippen molar-refractivity contribution in [3.8, 4) is 0 Å². The fraction of sp³-hybridized carbons (Fsp3) is 0.312. The summed E-state index contributed by atoms with van der Waals surface area (Å²) in [6.07, 6.45) is 34.5. The van der Waals surface area contributed by atoms with Gasteiger partial charge in [-0.25, -0.2) is 0 Å². The first-order chi connectivity index (χ1) is 31.5. The predicted molar refractivity (Wildman–Crippen MR) is 272 cm³/mol. The van der Waals surface area contributed by atoms with E-state index in [1.54, 1.807) is 11.1 Å². The van der Waals surface area contributed by atoms with Crippen LogP contribution in [0.4, 0.5) is 0 Å². The summed E-state index contributed by atoms with van der Waals surface area (Å²) in [4.78, 5) is 0. The molecule has 8 aliphatic carbocycles. The van der Waals surface area contributed by atoms with Gasteiger partial charge in [-0.15, -0.1) is 0 Å². The minimum atomic E-state index is 0.232. The molecule has 5 atom stereocenters. The molecule has 0 saturated heterocycles. The van der Waals surface area contributed by atoms with E-state index >= 15 is 0 Å². The van der Waals surface area contributed by atoms with Crippen LogP contribution in [0.3, 0.4) is 0 Å². The van der Waals surface area contributed by atoms with Crippen molar-refractivity contribution >= 4 is 48.6 Å². The maximum absolute atomic E-state index is 2.67. The van der Waals surface area contributed by atoms with Gasteiger partial charge in [0.05, 0.1) is 0 Å². The Morgan fingerprint density at radius 2 is 0.688 bits per heavy atom. The fourth-order valence-corrected chi connectivity index (χ4v) is 15.9. The van der Waals surface area contributed by atoms with Crippen molar-refractivity contribution in [3.05, 3.63) is 213 Å². The SMILES string of the molecule is C(=Cc1cc(C=Cc2ccccc2)cc(C23CC4CC(C2)CC(C2C5CC6CC(C5)CC2(c2cc(C=Cc5ccccc5)cc(C=Cc5ccccc5)c2)C6)(C4)C3)c1)c1ccccc1. The molecule has 14 rings (SSSR count). The fourth-order valence-electron chi connectivity index (χ4n) is 15.9. The summed E-state index contributed by atoms with van der Waals surface area (Å²) in [5, 5.41) is 0. The lowest BCUT2D eigenvalue weighted by atomic mass is 9.32. The third kappa shape index (κ3) is 7.62. The van der Waals surface area contributed by atoms with Crippen molar-refractivity contribution in [2.24, 2.45) is 40.9 Å². The van der Waals surface area contributed by atoms with Gasteiger partial charge in [0.15, 0.2) is 0 Å². The van der Waals surface area contributed by atoms with Crippen molar-refractivity contribution < 1.29 is 0 Å². The quantitative estimate of drug-likeness (QED) is 0.114. The minimum Gasteiger partial charge on any atom is -0.0622 e. The zero-order valence-electron chi connectivity index (χ0n) is 37.4. The highest BCUT2D eigenvalue weighted by molar-refractivity contribution is 5.77. The van der Waals surface area contributed by atoms with Crippen molar-refractivity contribution in [2.45, 2.75) is 81.5 Å². The van der Waals surface area contributed by atoms with E-state index in [9.17, 15) is 0 Å². The van der Waals surface area contributed by atoms with Crippen molar-refractivity contribution in [1.29, 1.82) is 0 Å². The van der Waals surface area contributed by atoms with Gasteiger partial charge >= 0.3 is 0 Å². The second-order valence-electron chi connectivity index (χ2n) is 21.6.